The Hall–Kier alpha value is -1.51. The van der Waals surface area contributed by atoms with Gasteiger partial charge in [-0.05, 0) is 24.6 Å². The average molecular weight is 164 g/mol. The minimum atomic E-state index is -0.106. The molecular formula is C9H12N2O. The number of hydrogen-bond acceptors (Lipinski definition) is 2. The Bertz CT molecular complexity index is 307. The van der Waals surface area contributed by atoms with Crippen molar-refractivity contribution < 1.29 is 4.79 Å². The number of amides is 1. The van der Waals surface area contributed by atoms with E-state index in [1.54, 1.807) is 6.07 Å². The second-order valence-corrected chi connectivity index (χ2v) is 2.77. The normalized spacial score (nSPS) is 9.50. The maximum atomic E-state index is 10.7. The van der Waals surface area contributed by atoms with E-state index in [1.807, 2.05) is 19.1 Å². The summed E-state index contributed by atoms with van der Waals surface area (Å²) in [4.78, 5) is 10.7. The van der Waals surface area contributed by atoms with E-state index < -0.39 is 0 Å². The van der Waals surface area contributed by atoms with Crippen LogP contribution in [0.15, 0.2) is 18.2 Å². The van der Waals surface area contributed by atoms with Crippen molar-refractivity contribution in [2.24, 2.45) is 0 Å². The van der Waals surface area contributed by atoms with E-state index in [-0.39, 0.29) is 5.91 Å². The highest BCUT2D eigenvalue weighted by atomic mass is 16.1. The maximum Gasteiger partial charge on any atom is 0.221 e. The molecular weight excluding hydrogens is 152 g/mol. The summed E-state index contributed by atoms with van der Waals surface area (Å²) in [6, 6.07) is 5.53. The van der Waals surface area contributed by atoms with Crippen LogP contribution in [0.4, 0.5) is 11.4 Å². The molecule has 0 unspecified atom stereocenters. The Labute approximate surface area is 71.6 Å². The van der Waals surface area contributed by atoms with Gasteiger partial charge in [-0.15, -0.1) is 0 Å². The van der Waals surface area contributed by atoms with E-state index in [1.165, 1.54) is 6.92 Å². The molecule has 1 amide bonds. The topological polar surface area (TPSA) is 55.1 Å². The van der Waals surface area contributed by atoms with Gasteiger partial charge in [0.05, 0.1) is 11.4 Å². The number of nitrogens with one attached hydrogen (secondary N) is 1. The Kier molecular flexibility index (Phi) is 2.33. The molecule has 0 spiro atoms. The number of hydrogen-bond donors (Lipinski definition) is 2. The molecule has 3 heteroatoms. The fourth-order valence-electron chi connectivity index (χ4n) is 0.986. The third-order valence-corrected chi connectivity index (χ3v) is 1.52. The van der Waals surface area contributed by atoms with Gasteiger partial charge in [0, 0.05) is 6.92 Å². The third-order valence-electron chi connectivity index (χ3n) is 1.52. The summed E-state index contributed by atoms with van der Waals surface area (Å²) in [6.07, 6.45) is 0. The molecule has 1 rings (SSSR count). The molecule has 3 nitrogen and oxygen atoms in total. The quantitative estimate of drug-likeness (QED) is 0.618. The lowest BCUT2D eigenvalue weighted by Crippen LogP contribution is -2.07. The molecule has 0 saturated carbocycles. The molecule has 0 fully saturated rings. The van der Waals surface area contributed by atoms with Gasteiger partial charge in [0.15, 0.2) is 0 Å². The average Bonchev–Trinajstić information content (AvgIpc) is 1.94. The molecule has 0 aromatic heterocycles. The lowest BCUT2D eigenvalue weighted by atomic mass is 10.2. The predicted molar refractivity (Wildman–Crippen MR) is 49.9 cm³/mol. The number of nitrogen functional groups attached to an aromatic ring is 1. The van der Waals surface area contributed by atoms with Gasteiger partial charge in [-0.1, -0.05) is 6.07 Å². The molecule has 0 aliphatic carbocycles. The SMILES string of the molecule is CC(=O)Nc1ccc(C)cc1N. The van der Waals surface area contributed by atoms with Crippen molar-refractivity contribution in [1.29, 1.82) is 0 Å². The molecule has 0 aliphatic rings. The van der Waals surface area contributed by atoms with Gasteiger partial charge >= 0.3 is 0 Å². The van der Waals surface area contributed by atoms with Crippen molar-refractivity contribution in [3.63, 3.8) is 0 Å². The van der Waals surface area contributed by atoms with Gasteiger partial charge in [-0.2, -0.15) is 0 Å². The molecule has 0 atom stereocenters. The minimum absolute atomic E-state index is 0.106. The smallest absolute Gasteiger partial charge is 0.221 e. The van der Waals surface area contributed by atoms with Crippen LogP contribution < -0.4 is 11.1 Å². The molecule has 12 heavy (non-hydrogen) atoms. The summed E-state index contributed by atoms with van der Waals surface area (Å²) in [6.45, 7) is 3.41. The zero-order valence-electron chi connectivity index (χ0n) is 7.22. The first-order valence-electron chi connectivity index (χ1n) is 3.73. The fraction of sp³-hybridized carbons (Fsp3) is 0.222. The van der Waals surface area contributed by atoms with Crippen LogP contribution in [0.5, 0.6) is 0 Å². The predicted octanol–water partition coefficient (Wildman–Crippen LogP) is 1.54. The zero-order chi connectivity index (χ0) is 9.14. The van der Waals surface area contributed by atoms with Crippen LogP contribution in [-0.2, 0) is 4.79 Å². The number of anilines is 2. The Morgan fingerprint density at radius 3 is 2.67 bits per heavy atom. The maximum absolute atomic E-state index is 10.7. The number of rotatable bonds is 1. The van der Waals surface area contributed by atoms with Gasteiger partial charge in [-0.25, -0.2) is 0 Å². The van der Waals surface area contributed by atoms with Crippen LogP contribution in [-0.4, -0.2) is 5.91 Å². The summed E-state index contributed by atoms with van der Waals surface area (Å²) in [5.74, 6) is -0.106. The Balaban J connectivity index is 2.93. The molecule has 0 bridgehead atoms. The highest BCUT2D eigenvalue weighted by Gasteiger charge is 1.99. The molecule has 64 valence electrons. The summed E-state index contributed by atoms with van der Waals surface area (Å²) in [5, 5.41) is 2.64. The summed E-state index contributed by atoms with van der Waals surface area (Å²) in [5.41, 5.74) is 8.02. The third kappa shape index (κ3) is 1.99. The van der Waals surface area contributed by atoms with Crippen molar-refractivity contribution >= 4 is 17.3 Å². The van der Waals surface area contributed by atoms with Crippen molar-refractivity contribution in [1.82, 2.24) is 0 Å². The first kappa shape index (κ1) is 8.59. The first-order valence-corrected chi connectivity index (χ1v) is 3.73. The lowest BCUT2D eigenvalue weighted by molar-refractivity contribution is -0.114. The molecule has 1 aromatic carbocycles. The van der Waals surface area contributed by atoms with Crippen molar-refractivity contribution in [2.45, 2.75) is 13.8 Å². The Morgan fingerprint density at radius 1 is 1.50 bits per heavy atom. The van der Waals surface area contributed by atoms with E-state index in [0.717, 1.165) is 5.56 Å². The number of nitrogens with two attached hydrogens (primary N) is 1. The molecule has 0 radical (unpaired) electrons. The molecule has 0 saturated heterocycles. The van der Waals surface area contributed by atoms with E-state index >= 15 is 0 Å². The van der Waals surface area contributed by atoms with Gasteiger partial charge in [0.1, 0.15) is 0 Å². The van der Waals surface area contributed by atoms with Gasteiger partial charge < -0.3 is 11.1 Å². The number of carbonyl (C=O) groups excluding carboxylic acids is 1. The number of aryl methyl sites for hydroxylation is 1. The van der Waals surface area contributed by atoms with E-state index in [0.29, 0.717) is 11.4 Å². The molecule has 3 N–H and O–H groups in total. The van der Waals surface area contributed by atoms with Gasteiger partial charge in [0.25, 0.3) is 0 Å². The fourth-order valence-corrected chi connectivity index (χ4v) is 0.986. The van der Waals surface area contributed by atoms with E-state index in [9.17, 15) is 4.79 Å². The summed E-state index contributed by atoms with van der Waals surface area (Å²) < 4.78 is 0. The van der Waals surface area contributed by atoms with Crippen molar-refractivity contribution in [3.05, 3.63) is 23.8 Å². The number of carbonyl (C=O) groups is 1. The highest BCUT2D eigenvalue weighted by Crippen LogP contribution is 2.18. The summed E-state index contributed by atoms with van der Waals surface area (Å²) >= 11 is 0. The second-order valence-electron chi connectivity index (χ2n) is 2.77. The Morgan fingerprint density at radius 2 is 2.17 bits per heavy atom. The van der Waals surface area contributed by atoms with Crippen LogP contribution in [0.2, 0.25) is 0 Å². The van der Waals surface area contributed by atoms with E-state index in [2.05, 4.69) is 5.32 Å². The zero-order valence-corrected chi connectivity index (χ0v) is 7.22. The van der Waals surface area contributed by atoms with Crippen LogP contribution >= 0.6 is 0 Å². The first-order chi connectivity index (χ1) is 5.59. The van der Waals surface area contributed by atoms with Crippen molar-refractivity contribution in [3.8, 4) is 0 Å². The standard InChI is InChI=1S/C9H12N2O/c1-6-3-4-9(8(10)5-6)11-7(2)12/h3-5H,10H2,1-2H3,(H,11,12). The van der Waals surface area contributed by atoms with Crippen LogP contribution in [0.3, 0.4) is 0 Å². The van der Waals surface area contributed by atoms with Crippen LogP contribution in [0.1, 0.15) is 12.5 Å². The van der Waals surface area contributed by atoms with Crippen LogP contribution in [0.25, 0.3) is 0 Å². The molecule has 0 heterocycles. The van der Waals surface area contributed by atoms with Crippen LogP contribution in [0, 0.1) is 6.92 Å². The summed E-state index contributed by atoms with van der Waals surface area (Å²) in [7, 11) is 0. The monoisotopic (exact) mass is 164 g/mol. The lowest BCUT2D eigenvalue weighted by Gasteiger charge is -2.05. The number of benzene rings is 1. The molecule has 0 aliphatic heterocycles. The second kappa shape index (κ2) is 3.26. The van der Waals surface area contributed by atoms with Crippen molar-refractivity contribution in [2.75, 3.05) is 11.1 Å². The molecule has 1 aromatic rings. The van der Waals surface area contributed by atoms with Gasteiger partial charge in [-0.3, -0.25) is 4.79 Å². The van der Waals surface area contributed by atoms with Gasteiger partial charge in [0.2, 0.25) is 5.91 Å². The van der Waals surface area contributed by atoms with E-state index in [4.69, 9.17) is 5.73 Å². The minimum Gasteiger partial charge on any atom is -0.397 e. The highest BCUT2D eigenvalue weighted by molar-refractivity contribution is 5.92. The largest absolute Gasteiger partial charge is 0.397 e.